The highest BCUT2D eigenvalue weighted by Crippen LogP contribution is 2.18. The van der Waals surface area contributed by atoms with E-state index in [1.54, 1.807) is 0 Å². The lowest BCUT2D eigenvalue weighted by molar-refractivity contribution is -0.903. The first-order valence-corrected chi connectivity index (χ1v) is 13.5. The van der Waals surface area contributed by atoms with E-state index in [9.17, 15) is 0 Å². The molecule has 0 aromatic rings. The lowest BCUT2D eigenvalue weighted by Crippen LogP contribution is -3.00. The average Bonchev–Trinajstić information content (AvgIpc) is 2.64. The van der Waals surface area contributed by atoms with Crippen LogP contribution in [0, 0.1) is 0 Å². The number of methoxy groups -OCH3 is 1. The normalized spacial score (nSPS) is 14.0. The summed E-state index contributed by atoms with van der Waals surface area (Å²) in [7, 11) is 7.99. The Hall–Kier alpha value is 0.427. The number of unbranched alkanes of at least 4 members (excludes halogenated alkanes) is 12. The number of quaternary nitrogens is 1. The van der Waals surface area contributed by atoms with Crippen molar-refractivity contribution >= 4 is 10.2 Å². The maximum Gasteiger partial charge on any atom is 0.0778 e. The Kier molecular flexibility index (Phi) is 22.6. The van der Waals surface area contributed by atoms with Crippen molar-refractivity contribution in [2.45, 2.75) is 128 Å². The molecule has 0 saturated heterocycles. The molecule has 4 heteroatoms. The van der Waals surface area contributed by atoms with Crippen LogP contribution >= 0.6 is 0 Å². The van der Waals surface area contributed by atoms with Crippen LogP contribution in [0.3, 0.4) is 0 Å². The van der Waals surface area contributed by atoms with Crippen LogP contribution in [0.1, 0.15) is 117 Å². The van der Waals surface area contributed by atoms with E-state index in [4.69, 9.17) is 4.74 Å². The molecule has 0 heterocycles. The third-order valence-corrected chi connectivity index (χ3v) is 8.43. The zero-order valence-electron chi connectivity index (χ0n) is 20.4. The first kappa shape index (κ1) is 30.6. The minimum absolute atomic E-state index is 0. The van der Waals surface area contributed by atoms with Gasteiger partial charge >= 0.3 is 0 Å². The van der Waals surface area contributed by atoms with Crippen LogP contribution in [0.25, 0.3) is 0 Å². The van der Waals surface area contributed by atoms with Crippen LogP contribution in [-0.4, -0.2) is 54.2 Å². The highest BCUT2D eigenvalue weighted by molar-refractivity contribution is 6.10. The molecule has 0 aromatic carbocycles. The fourth-order valence-corrected chi connectivity index (χ4v) is 4.97. The van der Waals surface area contributed by atoms with Crippen molar-refractivity contribution in [1.82, 2.24) is 0 Å². The topological polar surface area (TPSA) is 9.23 Å². The van der Waals surface area contributed by atoms with Gasteiger partial charge in [-0.25, -0.2) is 0 Å². The first-order valence-electron chi connectivity index (χ1n) is 12.3. The lowest BCUT2D eigenvalue weighted by Gasteiger charge is -2.37. The minimum atomic E-state index is 0. The number of nitrogens with zero attached hydrogens (tertiary/aromatic N) is 1. The quantitative estimate of drug-likeness (QED) is 0.162. The molecule has 0 aliphatic heterocycles. The minimum Gasteiger partial charge on any atom is -1.00 e. The maximum absolute atomic E-state index is 5.81. The van der Waals surface area contributed by atoms with E-state index < -0.39 is 0 Å². The van der Waals surface area contributed by atoms with Crippen molar-refractivity contribution in [2.75, 3.05) is 27.7 Å². The molecule has 0 aromatic heterocycles. The number of halogens is 1. The maximum atomic E-state index is 5.81. The molecule has 2 atom stereocenters. The Morgan fingerprint density at radius 2 is 1.14 bits per heavy atom. The summed E-state index contributed by atoms with van der Waals surface area (Å²) < 4.78 is 7.00. The molecule has 28 heavy (non-hydrogen) atoms. The Labute approximate surface area is 188 Å². The van der Waals surface area contributed by atoms with E-state index in [1.165, 1.54) is 124 Å². The van der Waals surface area contributed by atoms with Crippen molar-refractivity contribution < 1.29 is 21.6 Å². The van der Waals surface area contributed by atoms with Gasteiger partial charge < -0.3 is 21.6 Å². The highest BCUT2D eigenvalue weighted by Gasteiger charge is 2.25. The number of ether oxygens (including phenoxy) is 1. The van der Waals surface area contributed by atoms with Crippen molar-refractivity contribution in [3.63, 3.8) is 0 Å². The Morgan fingerprint density at radius 1 is 0.714 bits per heavy atom. The van der Waals surface area contributed by atoms with Crippen molar-refractivity contribution in [2.24, 2.45) is 0 Å². The molecule has 2 unspecified atom stereocenters. The van der Waals surface area contributed by atoms with Crippen LogP contribution in [0.15, 0.2) is 0 Å². The Bertz CT molecular complexity index is 315. The lowest BCUT2D eigenvalue weighted by atomic mass is 10.0. The van der Waals surface area contributed by atoms with Gasteiger partial charge in [0.1, 0.15) is 0 Å². The fourth-order valence-electron chi connectivity index (χ4n) is 4.18. The SMILES string of the molecule is CCCCCCCCCCCCCCCC(CC([SiH3])[N+](C)(C)CCC)OC.[Cl-]. The van der Waals surface area contributed by atoms with E-state index in [-0.39, 0.29) is 12.4 Å². The van der Waals surface area contributed by atoms with Crippen LogP contribution in [0.4, 0.5) is 0 Å². The highest BCUT2D eigenvalue weighted by atomic mass is 35.5. The Morgan fingerprint density at radius 3 is 1.54 bits per heavy atom. The van der Waals surface area contributed by atoms with Gasteiger partial charge in [0.25, 0.3) is 0 Å². The van der Waals surface area contributed by atoms with E-state index in [1.807, 2.05) is 7.11 Å². The zero-order valence-corrected chi connectivity index (χ0v) is 23.2. The zero-order chi connectivity index (χ0) is 20.4. The second kappa shape index (κ2) is 20.7. The largest absolute Gasteiger partial charge is 1.00 e. The van der Waals surface area contributed by atoms with Gasteiger partial charge in [-0.05, 0) is 12.8 Å². The fraction of sp³-hybridized carbons (Fsp3) is 1.00. The molecule has 0 aliphatic rings. The summed E-state index contributed by atoms with van der Waals surface area (Å²) in [6, 6.07) is 0. The van der Waals surface area contributed by atoms with Crippen molar-refractivity contribution in [1.29, 1.82) is 0 Å². The van der Waals surface area contributed by atoms with Gasteiger partial charge in [0.05, 0.1) is 42.7 Å². The molecule has 0 radical (unpaired) electrons. The molecular weight excluding hydrogens is 382 g/mol. The number of hydrogen-bond acceptors (Lipinski definition) is 1. The smallest absolute Gasteiger partial charge is 0.0778 e. The molecule has 172 valence electrons. The van der Waals surface area contributed by atoms with Gasteiger partial charge in [0.2, 0.25) is 0 Å². The van der Waals surface area contributed by atoms with E-state index in [0.29, 0.717) is 6.10 Å². The van der Waals surface area contributed by atoms with E-state index in [0.717, 1.165) is 5.67 Å². The molecule has 0 aliphatic carbocycles. The third-order valence-electron chi connectivity index (χ3n) is 6.56. The van der Waals surface area contributed by atoms with Crippen LogP contribution < -0.4 is 12.4 Å². The summed E-state index contributed by atoms with van der Waals surface area (Å²) in [5, 5.41) is 0. The number of rotatable bonds is 20. The Balaban J connectivity index is 0. The van der Waals surface area contributed by atoms with Crippen molar-refractivity contribution in [3.8, 4) is 0 Å². The van der Waals surface area contributed by atoms with Gasteiger partial charge in [-0.2, -0.15) is 0 Å². The predicted molar refractivity (Wildman–Crippen MR) is 127 cm³/mol. The van der Waals surface area contributed by atoms with Gasteiger partial charge in [-0.3, -0.25) is 0 Å². The summed E-state index contributed by atoms with van der Waals surface area (Å²) in [5.41, 5.74) is 0.817. The van der Waals surface area contributed by atoms with E-state index >= 15 is 0 Å². The molecule has 0 fully saturated rings. The molecular formula is C24H54ClNOSi. The second-order valence-corrected chi connectivity index (χ2v) is 10.8. The second-order valence-electron chi connectivity index (χ2n) is 9.48. The standard InChI is InChI=1S/C24H54NOSi.ClH/c1-6-8-9-10-11-12-13-14-15-16-17-18-19-20-23(26-5)22-24(27)25(3,4)21-7-2;/h23-24H,6-22H2,1-5,27H3;1H/q+1;/p-1. The summed E-state index contributed by atoms with van der Waals surface area (Å²) in [4.78, 5) is 0. The van der Waals surface area contributed by atoms with Crippen molar-refractivity contribution in [3.05, 3.63) is 0 Å². The molecule has 0 amide bonds. The summed E-state index contributed by atoms with van der Waals surface area (Å²) >= 11 is 0. The third kappa shape index (κ3) is 17.3. The molecule has 2 nitrogen and oxygen atoms in total. The average molecular weight is 436 g/mol. The van der Waals surface area contributed by atoms with Gasteiger partial charge in [-0.1, -0.05) is 97.3 Å². The number of hydrogen-bond donors (Lipinski definition) is 0. The first-order chi connectivity index (χ1) is 13.0. The monoisotopic (exact) mass is 435 g/mol. The summed E-state index contributed by atoms with van der Waals surface area (Å²) in [6.07, 6.45) is 22.9. The molecule has 0 spiro atoms. The van der Waals surface area contributed by atoms with Gasteiger partial charge in [-0.15, -0.1) is 0 Å². The van der Waals surface area contributed by atoms with E-state index in [2.05, 4.69) is 27.9 Å². The molecule has 0 bridgehead atoms. The molecule has 0 N–H and O–H groups in total. The predicted octanol–water partition coefficient (Wildman–Crippen LogP) is 3.05. The van der Waals surface area contributed by atoms with Gasteiger partial charge in [0.15, 0.2) is 0 Å². The van der Waals surface area contributed by atoms with Crippen LogP contribution in [0.2, 0.25) is 0 Å². The van der Waals surface area contributed by atoms with Crippen LogP contribution in [0.5, 0.6) is 0 Å². The summed E-state index contributed by atoms with van der Waals surface area (Å²) in [5.74, 6) is 0. The van der Waals surface area contributed by atoms with Crippen LogP contribution in [-0.2, 0) is 4.74 Å². The molecule has 0 rings (SSSR count). The van der Waals surface area contributed by atoms with Gasteiger partial charge in [0, 0.05) is 13.5 Å². The summed E-state index contributed by atoms with van der Waals surface area (Å²) in [6.45, 7) is 5.89. The molecule has 0 saturated carbocycles.